The zero-order valence-corrected chi connectivity index (χ0v) is 23.7. The Morgan fingerprint density at radius 1 is 1.08 bits per heavy atom. The van der Waals surface area contributed by atoms with Crippen molar-refractivity contribution in [3.8, 4) is 11.5 Å². The van der Waals surface area contributed by atoms with Gasteiger partial charge in [0, 0.05) is 20.1 Å². The van der Waals surface area contributed by atoms with Gasteiger partial charge in [0.25, 0.3) is 11.8 Å². The van der Waals surface area contributed by atoms with Crippen molar-refractivity contribution >= 4 is 91.3 Å². The Balaban J connectivity index is 1.64. The van der Waals surface area contributed by atoms with Crippen molar-refractivity contribution in [1.29, 1.82) is 0 Å². The third kappa shape index (κ3) is 5.69. The van der Waals surface area contributed by atoms with Crippen molar-refractivity contribution in [2.24, 2.45) is 0 Å². The molecule has 0 radical (unpaired) electrons. The highest BCUT2D eigenvalue weighted by Gasteiger charge is 2.37. The summed E-state index contributed by atoms with van der Waals surface area (Å²) in [6, 6.07) is 14.3. The lowest BCUT2D eigenvalue weighted by Crippen LogP contribution is -2.54. The highest BCUT2D eigenvalue weighted by molar-refractivity contribution is 14.1. The first-order valence-electron chi connectivity index (χ1n) is 10.3. The Labute approximate surface area is 238 Å². The molecule has 1 N–H and O–H groups in total. The highest BCUT2D eigenvalue weighted by atomic mass is 127. The lowest BCUT2D eigenvalue weighted by Gasteiger charge is -2.26. The number of benzene rings is 3. The van der Waals surface area contributed by atoms with E-state index in [1.54, 1.807) is 54.6 Å². The summed E-state index contributed by atoms with van der Waals surface area (Å²) in [5.74, 6) is -0.671. The normalized spacial score (nSPS) is 14.8. The van der Waals surface area contributed by atoms with Crippen LogP contribution >= 0.6 is 61.7 Å². The number of amides is 4. The van der Waals surface area contributed by atoms with Crippen LogP contribution in [0.25, 0.3) is 6.08 Å². The first-order chi connectivity index (χ1) is 17.2. The Morgan fingerprint density at radius 3 is 2.56 bits per heavy atom. The number of rotatable bonds is 6. The number of barbiturate groups is 1. The smallest absolute Gasteiger partial charge is 0.335 e. The summed E-state index contributed by atoms with van der Waals surface area (Å²) in [7, 11) is 1.48. The monoisotopic (exact) mass is 700 g/mol. The molecule has 1 aliphatic rings. The zero-order valence-electron chi connectivity index (χ0n) is 18.5. The van der Waals surface area contributed by atoms with Gasteiger partial charge < -0.3 is 9.47 Å². The molecule has 11 heteroatoms. The van der Waals surface area contributed by atoms with E-state index in [0.717, 1.165) is 10.5 Å². The van der Waals surface area contributed by atoms with Crippen molar-refractivity contribution in [3.05, 3.63) is 89.4 Å². The van der Waals surface area contributed by atoms with Gasteiger partial charge in [-0.05, 0) is 76.7 Å². The molecule has 36 heavy (non-hydrogen) atoms. The summed E-state index contributed by atoms with van der Waals surface area (Å²) >= 11 is 17.6. The third-order valence-electron chi connectivity index (χ3n) is 5.12. The van der Waals surface area contributed by atoms with E-state index in [0.29, 0.717) is 40.8 Å². The van der Waals surface area contributed by atoms with E-state index in [-0.39, 0.29) is 12.2 Å². The Morgan fingerprint density at radius 2 is 1.86 bits per heavy atom. The summed E-state index contributed by atoms with van der Waals surface area (Å²) in [5.41, 5.74) is 1.37. The molecular formula is C25H16BrCl2IN2O5. The Hall–Kier alpha value is -2.60. The van der Waals surface area contributed by atoms with Gasteiger partial charge in [0.05, 0.1) is 16.4 Å². The van der Waals surface area contributed by atoms with Crippen molar-refractivity contribution in [1.82, 2.24) is 5.32 Å². The molecule has 0 atom stereocenters. The average Bonchev–Trinajstić information content (AvgIpc) is 2.81. The second-order valence-electron chi connectivity index (χ2n) is 7.50. The van der Waals surface area contributed by atoms with Crippen LogP contribution in [-0.4, -0.2) is 25.0 Å². The molecule has 0 bridgehead atoms. The molecule has 1 saturated heterocycles. The van der Waals surface area contributed by atoms with Gasteiger partial charge in [0.1, 0.15) is 12.2 Å². The highest BCUT2D eigenvalue weighted by Crippen LogP contribution is 2.36. The molecule has 1 fully saturated rings. The summed E-state index contributed by atoms with van der Waals surface area (Å²) in [4.78, 5) is 39.1. The zero-order chi connectivity index (χ0) is 26.0. The largest absolute Gasteiger partial charge is 0.493 e. The molecule has 4 amide bonds. The molecule has 184 valence electrons. The molecule has 0 aliphatic carbocycles. The lowest BCUT2D eigenvalue weighted by atomic mass is 10.1. The van der Waals surface area contributed by atoms with E-state index >= 15 is 0 Å². The SMILES string of the molecule is COc1cc(/C=C2\C(=O)NC(=O)N(c3cccc(Br)c3)C2=O)cc(I)c1OCc1ccc(Cl)cc1Cl. The van der Waals surface area contributed by atoms with Gasteiger partial charge in [-0.15, -0.1) is 0 Å². The van der Waals surface area contributed by atoms with Crippen LogP contribution in [0.4, 0.5) is 10.5 Å². The number of nitrogens with zero attached hydrogens (tertiary/aromatic N) is 1. The molecule has 7 nitrogen and oxygen atoms in total. The fourth-order valence-electron chi connectivity index (χ4n) is 3.43. The summed E-state index contributed by atoms with van der Waals surface area (Å²) in [6.45, 7) is 0.174. The number of carbonyl (C=O) groups excluding carboxylic acids is 3. The van der Waals surface area contributed by atoms with Crippen LogP contribution in [0, 0.1) is 3.57 Å². The first kappa shape index (κ1) is 26.5. The first-order valence-corrected chi connectivity index (χ1v) is 12.9. The third-order valence-corrected chi connectivity index (χ3v) is 7.00. The number of carbonyl (C=O) groups is 3. The van der Waals surface area contributed by atoms with Crippen molar-refractivity contribution < 1.29 is 23.9 Å². The Bertz CT molecular complexity index is 1430. The molecular weight excluding hydrogens is 686 g/mol. The van der Waals surface area contributed by atoms with Gasteiger partial charge in [0.2, 0.25) is 0 Å². The average molecular weight is 702 g/mol. The number of hydrogen-bond donors (Lipinski definition) is 1. The van der Waals surface area contributed by atoms with Gasteiger partial charge in [-0.3, -0.25) is 14.9 Å². The van der Waals surface area contributed by atoms with E-state index < -0.39 is 17.8 Å². The van der Waals surface area contributed by atoms with Crippen molar-refractivity contribution in [2.45, 2.75) is 6.61 Å². The lowest BCUT2D eigenvalue weighted by molar-refractivity contribution is -0.122. The van der Waals surface area contributed by atoms with Crippen LogP contribution < -0.4 is 19.7 Å². The van der Waals surface area contributed by atoms with Gasteiger partial charge in [-0.2, -0.15) is 0 Å². The predicted molar refractivity (Wildman–Crippen MR) is 150 cm³/mol. The minimum atomic E-state index is -0.822. The minimum absolute atomic E-state index is 0.174. The molecule has 0 saturated carbocycles. The second-order valence-corrected chi connectivity index (χ2v) is 10.4. The van der Waals surface area contributed by atoms with E-state index in [4.69, 9.17) is 32.7 Å². The summed E-state index contributed by atoms with van der Waals surface area (Å²) in [5, 5.41) is 3.21. The molecule has 1 heterocycles. The number of urea groups is 1. The number of hydrogen-bond acceptors (Lipinski definition) is 5. The van der Waals surface area contributed by atoms with Gasteiger partial charge in [-0.25, -0.2) is 9.69 Å². The maximum atomic E-state index is 13.2. The quantitative estimate of drug-likeness (QED) is 0.178. The van der Waals surface area contributed by atoms with Crippen LogP contribution in [0.15, 0.2) is 64.6 Å². The summed E-state index contributed by atoms with van der Waals surface area (Å²) < 4.78 is 12.8. The fourth-order valence-corrected chi connectivity index (χ4v) is 5.06. The molecule has 0 unspecified atom stereocenters. The molecule has 0 aromatic heterocycles. The fraction of sp³-hybridized carbons (Fsp3) is 0.0800. The number of halogens is 4. The van der Waals surface area contributed by atoms with Crippen molar-refractivity contribution in [3.63, 3.8) is 0 Å². The molecule has 3 aromatic rings. The van der Waals surface area contributed by atoms with Crippen molar-refractivity contribution in [2.75, 3.05) is 12.0 Å². The number of imide groups is 2. The van der Waals surface area contributed by atoms with Gasteiger partial charge in [-0.1, -0.05) is 51.3 Å². The predicted octanol–water partition coefficient (Wildman–Crippen LogP) is 6.61. The molecule has 3 aromatic carbocycles. The maximum Gasteiger partial charge on any atom is 0.335 e. The number of anilines is 1. The van der Waals surface area contributed by atoms with Crippen LogP contribution in [0.1, 0.15) is 11.1 Å². The van der Waals surface area contributed by atoms with Crippen LogP contribution in [-0.2, 0) is 16.2 Å². The van der Waals surface area contributed by atoms with Crippen LogP contribution in [0.2, 0.25) is 10.0 Å². The molecule has 4 rings (SSSR count). The topological polar surface area (TPSA) is 84.9 Å². The molecule has 1 aliphatic heterocycles. The number of methoxy groups -OCH3 is 1. The van der Waals surface area contributed by atoms with E-state index in [1.807, 2.05) is 0 Å². The minimum Gasteiger partial charge on any atom is -0.493 e. The van der Waals surface area contributed by atoms with E-state index in [9.17, 15) is 14.4 Å². The van der Waals surface area contributed by atoms with Gasteiger partial charge in [0.15, 0.2) is 11.5 Å². The van der Waals surface area contributed by atoms with Gasteiger partial charge >= 0.3 is 6.03 Å². The number of nitrogens with one attached hydrogen (secondary N) is 1. The van der Waals surface area contributed by atoms with Crippen LogP contribution in [0.5, 0.6) is 11.5 Å². The van der Waals surface area contributed by atoms with E-state index in [1.165, 1.54) is 13.2 Å². The molecule has 0 spiro atoms. The second kappa shape index (κ2) is 11.2. The summed E-state index contributed by atoms with van der Waals surface area (Å²) in [6.07, 6.45) is 1.40. The maximum absolute atomic E-state index is 13.2. The van der Waals surface area contributed by atoms with Crippen LogP contribution in [0.3, 0.4) is 0 Å². The Kier molecular flexibility index (Phi) is 8.23. The standard InChI is InChI=1S/C25H16BrCl2IN2O5/c1-35-21-9-13(8-20(29)22(21)36-12-14-5-6-16(27)11-19(14)28)7-18-23(32)30-25(34)31(24(18)33)17-4-2-3-15(26)10-17/h2-11H,12H2,1H3,(H,30,32,34)/b18-7+. The van der Waals surface area contributed by atoms with E-state index in [2.05, 4.69) is 43.8 Å². The number of ether oxygens (including phenoxy) is 2.